The third kappa shape index (κ3) is 8.71. The number of hydrogen-bond acceptors (Lipinski definition) is 14. The largest absolute Gasteiger partial charge is 0.478 e. The normalized spacial score (nSPS) is 21.8. The Labute approximate surface area is 384 Å². The minimum absolute atomic E-state index is 0.0497. The summed E-state index contributed by atoms with van der Waals surface area (Å²) in [4.78, 5) is 93.0. The number of halogens is 2. The number of carbonyl (C=O) groups is 5. The molecule has 0 unspecified atom stereocenters. The first kappa shape index (κ1) is 44.4. The van der Waals surface area contributed by atoms with E-state index in [0.717, 1.165) is 67.7 Å². The topological polar surface area (TPSA) is 201 Å². The summed E-state index contributed by atoms with van der Waals surface area (Å²) in [5, 5.41) is 9.35. The Balaban J connectivity index is 0.752. The van der Waals surface area contributed by atoms with E-state index in [0.29, 0.717) is 47.3 Å². The Morgan fingerprint density at radius 1 is 0.908 bits per heavy atom. The van der Waals surface area contributed by atoms with Crippen LogP contribution >= 0.6 is 23.2 Å². The number of piperazine rings is 1. The van der Waals surface area contributed by atoms with Crippen LogP contribution in [0.25, 0.3) is 10.9 Å². The highest BCUT2D eigenvalue weighted by atomic mass is 35.5. The number of likely N-dealkylation sites (N-methyl/N-ethyl adjacent to an activating group) is 1. The number of nitrogens with one attached hydrogen (secondary N) is 3. The van der Waals surface area contributed by atoms with Gasteiger partial charge in [0.2, 0.25) is 17.8 Å². The summed E-state index contributed by atoms with van der Waals surface area (Å²) in [7, 11) is 1.51. The predicted molar refractivity (Wildman–Crippen MR) is 244 cm³/mol. The Morgan fingerprint density at radius 3 is 2.37 bits per heavy atom. The monoisotopic (exact) mass is 928 g/mol. The van der Waals surface area contributed by atoms with Crippen LogP contribution in [0.1, 0.15) is 79.1 Å². The van der Waals surface area contributed by atoms with Crippen LogP contribution in [0.15, 0.2) is 47.4 Å². The maximum absolute atomic E-state index is 13.5. The van der Waals surface area contributed by atoms with E-state index in [1.807, 2.05) is 32.0 Å². The first-order valence-electron chi connectivity index (χ1n) is 22.0. The molecule has 4 aromatic rings. The van der Waals surface area contributed by atoms with E-state index in [4.69, 9.17) is 37.7 Å². The summed E-state index contributed by atoms with van der Waals surface area (Å²) in [5.74, 6) is -1.51. The second-order valence-corrected chi connectivity index (χ2v) is 18.2. The summed E-state index contributed by atoms with van der Waals surface area (Å²) < 4.78 is 13.8. The third-order valence-corrected chi connectivity index (χ3v) is 13.7. The second-order valence-electron chi connectivity index (χ2n) is 17.4. The first-order chi connectivity index (χ1) is 31.3. The van der Waals surface area contributed by atoms with E-state index in [9.17, 15) is 28.8 Å². The van der Waals surface area contributed by atoms with Crippen molar-refractivity contribution in [2.75, 3.05) is 68.0 Å². The molecule has 9 rings (SSSR count). The Morgan fingerprint density at radius 2 is 1.66 bits per heavy atom. The molecule has 2 aromatic carbocycles. The summed E-state index contributed by atoms with van der Waals surface area (Å²) in [6.45, 7) is 8.03. The molecule has 0 bridgehead atoms. The number of anilines is 4. The summed E-state index contributed by atoms with van der Waals surface area (Å²) in [6, 6.07) is 9.85. The lowest BCUT2D eigenvalue weighted by Crippen LogP contribution is -2.56. The minimum atomic E-state index is -1.05. The van der Waals surface area contributed by atoms with E-state index >= 15 is 0 Å². The van der Waals surface area contributed by atoms with E-state index in [1.165, 1.54) is 7.05 Å². The molecule has 5 amide bonds. The van der Waals surface area contributed by atoms with Gasteiger partial charge in [-0.1, -0.05) is 23.2 Å². The molecular weight excluding hydrogens is 879 g/mol. The number of pyridine rings is 1. The molecule has 3 saturated heterocycles. The highest BCUT2D eigenvalue weighted by molar-refractivity contribution is 6.40. The maximum atomic E-state index is 13.5. The lowest BCUT2D eigenvalue weighted by molar-refractivity contribution is -0.136. The van der Waals surface area contributed by atoms with Crippen molar-refractivity contribution in [3.8, 4) is 5.75 Å². The molecule has 5 aliphatic rings. The molecule has 65 heavy (non-hydrogen) atoms. The van der Waals surface area contributed by atoms with Crippen molar-refractivity contribution in [2.45, 2.75) is 82.7 Å². The van der Waals surface area contributed by atoms with Gasteiger partial charge in [-0.25, -0.2) is 4.98 Å². The first-order valence-corrected chi connectivity index (χ1v) is 22.8. The smallest absolute Gasteiger partial charge is 0.293 e. The van der Waals surface area contributed by atoms with Crippen molar-refractivity contribution >= 4 is 86.8 Å². The Hall–Kier alpha value is -5.82. The van der Waals surface area contributed by atoms with Crippen LogP contribution in [-0.2, 0) is 19.1 Å². The third-order valence-electron chi connectivity index (χ3n) is 13.0. The molecule has 2 aromatic heterocycles. The fourth-order valence-electron chi connectivity index (χ4n) is 9.45. The van der Waals surface area contributed by atoms with Gasteiger partial charge in [-0.2, -0.15) is 4.98 Å². The SMILES string of the molecule is CNC(=O)COc1cc2cc(Nc3nc(N4CCC(OC5CC(N6CCN(c7ccc8c(c7Cl)C(=O)N([C@@H]7CCC(=O)NC7=O)C8=O)CC6)C5)CC4)ncc3Cl)ccc2n(C(C)C)c1=O. The van der Waals surface area contributed by atoms with Crippen molar-refractivity contribution < 1.29 is 33.4 Å². The molecule has 342 valence electrons. The number of carbonyl (C=O) groups excluding carboxylic acids is 5. The van der Waals surface area contributed by atoms with Crippen LogP contribution in [0.3, 0.4) is 0 Å². The minimum Gasteiger partial charge on any atom is -0.478 e. The number of piperidine rings is 2. The number of imide groups is 2. The summed E-state index contributed by atoms with van der Waals surface area (Å²) in [6.07, 6.45) is 5.63. The van der Waals surface area contributed by atoms with Crippen LogP contribution < -0.4 is 36.0 Å². The van der Waals surface area contributed by atoms with Crippen molar-refractivity contribution in [1.82, 2.24) is 35.0 Å². The zero-order chi connectivity index (χ0) is 45.7. The van der Waals surface area contributed by atoms with Gasteiger partial charge in [-0.3, -0.25) is 43.9 Å². The average molecular weight is 930 g/mol. The Kier molecular flexibility index (Phi) is 12.4. The average Bonchev–Trinajstić information content (AvgIpc) is 3.53. The van der Waals surface area contributed by atoms with Crippen LogP contribution in [0.4, 0.5) is 23.1 Å². The standard InChI is InChI=1S/C45H50Cl2N10O8/c1-24(2)56-32-6-4-26(18-25(32)19-35(43(56)62)64-23-37(59)48-3)50-40-31(46)22-49-45(52-40)55-12-10-28(11-13-55)65-29-20-27(21-29)53-14-16-54(17-15-53)33-7-5-30-38(39(33)47)44(63)57(42(30)61)34-8-9-36(58)51-41(34)60/h4-7,18-19,22,24,27-29,34H,8-17,20-21,23H2,1-3H3,(H,48,59)(H,49,50,52)(H,51,58,60)/t27?,29?,34-/m1/s1. The zero-order valence-electron chi connectivity index (χ0n) is 36.3. The number of ether oxygens (including phenoxy) is 2. The summed E-state index contributed by atoms with van der Waals surface area (Å²) in [5.41, 5.74) is 2.06. The fraction of sp³-hybridized carbons (Fsp3) is 0.467. The van der Waals surface area contributed by atoms with Crippen molar-refractivity contribution in [2.24, 2.45) is 0 Å². The number of aromatic nitrogens is 3. The lowest BCUT2D eigenvalue weighted by Gasteiger charge is -2.47. The molecule has 0 spiro atoms. The number of rotatable bonds is 12. The molecule has 0 radical (unpaired) electrons. The number of hydrogen-bond donors (Lipinski definition) is 3. The van der Waals surface area contributed by atoms with Gasteiger partial charge in [-0.15, -0.1) is 0 Å². The molecule has 4 fully saturated rings. The van der Waals surface area contributed by atoms with Gasteiger partial charge in [0, 0.05) is 75.9 Å². The molecule has 18 nitrogen and oxygen atoms in total. The van der Waals surface area contributed by atoms with Crippen LogP contribution in [-0.4, -0.2) is 131 Å². The van der Waals surface area contributed by atoms with Crippen molar-refractivity contribution in [3.63, 3.8) is 0 Å². The zero-order valence-corrected chi connectivity index (χ0v) is 37.8. The lowest BCUT2D eigenvalue weighted by atomic mass is 9.87. The van der Waals surface area contributed by atoms with Gasteiger partial charge in [0.15, 0.2) is 18.2 Å². The van der Waals surface area contributed by atoms with E-state index < -0.39 is 29.7 Å². The van der Waals surface area contributed by atoms with Gasteiger partial charge in [0.05, 0.1) is 45.8 Å². The summed E-state index contributed by atoms with van der Waals surface area (Å²) >= 11 is 13.4. The van der Waals surface area contributed by atoms with Gasteiger partial charge in [0.25, 0.3) is 23.3 Å². The van der Waals surface area contributed by atoms with Crippen LogP contribution in [0.5, 0.6) is 5.75 Å². The van der Waals surface area contributed by atoms with Crippen molar-refractivity contribution in [1.29, 1.82) is 0 Å². The van der Waals surface area contributed by atoms with E-state index in [2.05, 4.69) is 35.6 Å². The van der Waals surface area contributed by atoms with E-state index in [1.54, 1.807) is 29.0 Å². The van der Waals surface area contributed by atoms with Gasteiger partial charge in [-0.05, 0) is 82.3 Å². The van der Waals surface area contributed by atoms with Crippen LogP contribution in [0.2, 0.25) is 10.0 Å². The highest BCUT2D eigenvalue weighted by Crippen LogP contribution is 2.40. The molecule has 20 heteroatoms. The van der Waals surface area contributed by atoms with Crippen molar-refractivity contribution in [3.05, 3.63) is 74.1 Å². The van der Waals surface area contributed by atoms with E-state index in [-0.39, 0.29) is 71.1 Å². The molecule has 1 saturated carbocycles. The number of amides is 5. The molecule has 1 atom stereocenters. The number of fused-ring (bicyclic) bond motifs is 2. The Bertz CT molecular complexity index is 2640. The molecule has 6 heterocycles. The number of nitrogens with zero attached hydrogens (tertiary/aromatic N) is 7. The molecule has 3 N–H and O–H groups in total. The number of benzene rings is 2. The fourth-order valence-corrected chi connectivity index (χ4v) is 9.96. The molecule has 4 aliphatic heterocycles. The van der Waals surface area contributed by atoms with Crippen LogP contribution in [0, 0.1) is 0 Å². The maximum Gasteiger partial charge on any atom is 0.293 e. The quantitative estimate of drug-likeness (QED) is 0.170. The van der Waals surface area contributed by atoms with Gasteiger partial charge >= 0.3 is 0 Å². The predicted octanol–water partition coefficient (Wildman–Crippen LogP) is 4.29. The molecule has 1 aliphatic carbocycles. The van der Waals surface area contributed by atoms with Gasteiger partial charge in [0.1, 0.15) is 11.1 Å². The highest BCUT2D eigenvalue weighted by Gasteiger charge is 2.46. The molecular formula is C45H50Cl2N10O8. The van der Waals surface area contributed by atoms with Gasteiger partial charge < -0.3 is 34.5 Å². The second kappa shape index (κ2) is 18.2.